The van der Waals surface area contributed by atoms with Crippen molar-refractivity contribution < 1.29 is 14.6 Å². The van der Waals surface area contributed by atoms with Crippen molar-refractivity contribution in [2.45, 2.75) is 57.2 Å². The first kappa shape index (κ1) is 24.8. The van der Waals surface area contributed by atoms with Crippen LogP contribution in [0, 0.1) is 0 Å². The van der Waals surface area contributed by atoms with Crippen LogP contribution in [0.2, 0.25) is 0 Å². The highest BCUT2D eigenvalue weighted by Gasteiger charge is 2.36. The fourth-order valence-corrected chi connectivity index (χ4v) is 4.80. The fourth-order valence-electron chi connectivity index (χ4n) is 4.80. The number of piperidine rings is 1. The van der Waals surface area contributed by atoms with Crippen LogP contribution in [0.4, 0.5) is 0 Å². The second-order valence-electron chi connectivity index (χ2n) is 9.37. The van der Waals surface area contributed by atoms with E-state index in [2.05, 4.69) is 56.9 Å². The van der Waals surface area contributed by atoms with E-state index in [1.54, 1.807) is 11.8 Å². The number of aliphatic carboxylic acids is 1. The van der Waals surface area contributed by atoms with Crippen molar-refractivity contribution in [3.8, 4) is 11.4 Å². The third kappa shape index (κ3) is 6.43. The van der Waals surface area contributed by atoms with Crippen LogP contribution in [0.25, 0.3) is 5.69 Å². The van der Waals surface area contributed by atoms with Crippen LogP contribution in [0.5, 0.6) is 5.75 Å². The van der Waals surface area contributed by atoms with Gasteiger partial charge < -0.3 is 15.2 Å². The lowest BCUT2D eigenvalue weighted by atomic mass is 9.90. The van der Waals surface area contributed by atoms with Crippen molar-refractivity contribution in [3.05, 3.63) is 66.0 Å². The predicted octanol–water partition coefficient (Wildman–Crippen LogP) is 3.40. The molecule has 4 rings (SSSR count). The summed E-state index contributed by atoms with van der Waals surface area (Å²) >= 11 is 0. The largest absolute Gasteiger partial charge is 0.497 e. The zero-order valence-electron chi connectivity index (χ0n) is 20.4. The molecule has 0 spiro atoms. The third-order valence-corrected chi connectivity index (χ3v) is 6.71. The first-order chi connectivity index (χ1) is 17.0. The van der Waals surface area contributed by atoms with Gasteiger partial charge in [0, 0.05) is 19.0 Å². The summed E-state index contributed by atoms with van der Waals surface area (Å²) in [7, 11) is 1.63. The van der Waals surface area contributed by atoms with Gasteiger partial charge in [-0.2, -0.15) is 4.68 Å². The maximum absolute atomic E-state index is 11.2. The van der Waals surface area contributed by atoms with Gasteiger partial charge in [-0.15, -0.1) is 5.10 Å². The van der Waals surface area contributed by atoms with Gasteiger partial charge >= 0.3 is 5.97 Å². The normalized spacial score (nSPS) is 16.6. The van der Waals surface area contributed by atoms with Crippen LogP contribution in [0.1, 0.15) is 50.4 Å². The van der Waals surface area contributed by atoms with Gasteiger partial charge in [0.1, 0.15) is 5.75 Å². The fraction of sp³-hybridized carbons (Fsp3) is 0.462. The number of likely N-dealkylation sites (tertiary alicyclic amines) is 1. The van der Waals surface area contributed by atoms with Gasteiger partial charge in [-0.05, 0) is 86.0 Å². The lowest BCUT2D eigenvalue weighted by Gasteiger charge is -2.38. The van der Waals surface area contributed by atoms with E-state index in [1.165, 1.54) is 5.56 Å². The second kappa shape index (κ2) is 11.4. The maximum Gasteiger partial charge on any atom is 0.303 e. The number of hydrogen-bond donors (Lipinski definition) is 2. The van der Waals surface area contributed by atoms with Crippen molar-refractivity contribution in [1.29, 1.82) is 0 Å². The summed E-state index contributed by atoms with van der Waals surface area (Å²) in [6, 6.07) is 18.4. The Bertz CT molecular complexity index is 1080. The highest BCUT2D eigenvalue weighted by molar-refractivity contribution is 5.66. The first-order valence-electron chi connectivity index (χ1n) is 12.2. The van der Waals surface area contributed by atoms with E-state index < -0.39 is 11.5 Å². The van der Waals surface area contributed by atoms with E-state index in [-0.39, 0.29) is 12.5 Å². The van der Waals surface area contributed by atoms with Crippen molar-refractivity contribution in [1.82, 2.24) is 30.4 Å². The Hall–Kier alpha value is -3.30. The summed E-state index contributed by atoms with van der Waals surface area (Å²) in [6.45, 7) is 5.04. The lowest BCUT2D eigenvalue weighted by Crippen LogP contribution is -2.51. The van der Waals surface area contributed by atoms with Gasteiger partial charge in [0.25, 0.3) is 0 Å². The standard InChI is InChI=1S/C26H34N6O3/c1-26(16-6-9-24(33)34,25-28-29-30-32(25)22-10-12-23(35-2)13-11-22)27-21-14-17-31(18-15-21)19-20-7-4-3-5-8-20/h3-5,7-8,10-13,21,27H,6,9,14-19H2,1-2H3,(H,33,34). The molecule has 0 saturated carbocycles. The van der Waals surface area contributed by atoms with E-state index in [9.17, 15) is 9.90 Å². The third-order valence-electron chi connectivity index (χ3n) is 6.71. The van der Waals surface area contributed by atoms with E-state index in [0.717, 1.165) is 43.9 Å². The van der Waals surface area contributed by atoms with Gasteiger partial charge in [-0.25, -0.2) is 0 Å². The van der Waals surface area contributed by atoms with Crippen molar-refractivity contribution in [2.24, 2.45) is 0 Å². The molecular formula is C26H34N6O3. The maximum atomic E-state index is 11.2. The summed E-state index contributed by atoms with van der Waals surface area (Å²) in [5.41, 5.74) is 1.58. The Morgan fingerprint density at radius 3 is 2.51 bits per heavy atom. The molecule has 186 valence electrons. The lowest BCUT2D eigenvalue weighted by molar-refractivity contribution is -0.137. The first-order valence-corrected chi connectivity index (χ1v) is 12.2. The SMILES string of the molecule is COc1ccc(-n2nnnc2C(C)(CCCC(=O)O)NC2CCN(Cc3ccccc3)CC2)cc1. The molecule has 1 atom stereocenters. The zero-order chi connectivity index (χ0) is 24.7. The number of ether oxygens (including phenoxy) is 1. The Labute approximate surface area is 206 Å². The summed E-state index contributed by atoms with van der Waals surface area (Å²) in [5, 5.41) is 25.6. The Kier molecular flexibility index (Phi) is 8.09. The molecule has 3 aromatic rings. The second-order valence-corrected chi connectivity index (χ2v) is 9.37. The minimum atomic E-state index is -0.795. The molecule has 2 aromatic carbocycles. The molecule has 1 saturated heterocycles. The number of nitrogens with zero attached hydrogens (tertiary/aromatic N) is 5. The summed E-state index contributed by atoms with van der Waals surface area (Å²) in [5.74, 6) is 0.643. The van der Waals surface area contributed by atoms with E-state index >= 15 is 0 Å². The number of aromatic nitrogens is 4. The molecule has 0 radical (unpaired) electrons. The summed E-state index contributed by atoms with van der Waals surface area (Å²) < 4.78 is 7.01. The molecule has 35 heavy (non-hydrogen) atoms. The number of carbonyl (C=O) groups is 1. The van der Waals surface area contributed by atoms with Gasteiger partial charge in [-0.3, -0.25) is 9.69 Å². The van der Waals surface area contributed by atoms with Crippen molar-refractivity contribution in [2.75, 3.05) is 20.2 Å². The molecule has 0 aliphatic carbocycles. The number of methoxy groups -OCH3 is 1. The molecule has 1 aromatic heterocycles. The van der Waals surface area contributed by atoms with E-state index in [1.807, 2.05) is 30.3 Å². The molecule has 9 nitrogen and oxygen atoms in total. The van der Waals surface area contributed by atoms with Gasteiger partial charge in [0.2, 0.25) is 0 Å². The quantitative estimate of drug-likeness (QED) is 0.432. The highest BCUT2D eigenvalue weighted by Crippen LogP contribution is 2.29. The van der Waals surface area contributed by atoms with Crippen molar-refractivity contribution >= 4 is 5.97 Å². The monoisotopic (exact) mass is 478 g/mol. The molecule has 0 bridgehead atoms. The number of carboxylic acid groups (broad SMARTS) is 1. The molecule has 1 aliphatic heterocycles. The molecule has 1 aliphatic rings. The number of tetrazole rings is 1. The van der Waals surface area contributed by atoms with Crippen LogP contribution in [-0.2, 0) is 16.9 Å². The summed E-state index contributed by atoms with van der Waals surface area (Å²) in [4.78, 5) is 13.7. The van der Waals surface area contributed by atoms with Gasteiger partial charge in [-0.1, -0.05) is 30.3 Å². The minimum absolute atomic E-state index is 0.108. The smallest absolute Gasteiger partial charge is 0.303 e. The van der Waals surface area contributed by atoms with Crippen LogP contribution in [0.15, 0.2) is 54.6 Å². The molecule has 1 fully saturated rings. The van der Waals surface area contributed by atoms with Crippen LogP contribution in [-0.4, -0.2) is 62.4 Å². The number of nitrogens with one attached hydrogen (secondary N) is 1. The zero-order valence-corrected chi connectivity index (χ0v) is 20.4. The summed E-state index contributed by atoms with van der Waals surface area (Å²) in [6.07, 6.45) is 3.26. The minimum Gasteiger partial charge on any atom is -0.497 e. The van der Waals surface area contributed by atoms with Crippen LogP contribution >= 0.6 is 0 Å². The number of hydrogen-bond acceptors (Lipinski definition) is 7. The molecule has 9 heteroatoms. The van der Waals surface area contributed by atoms with Gasteiger partial charge in [0.05, 0.1) is 18.3 Å². The Morgan fingerprint density at radius 2 is 1.86 bits per heavy atom. The van der Waals surface area contributed by atoms with Crippen molar-refractivity contribution in [3.63, 3.8) is 0 Å². The number of carboxylic acids is 1. The molecule has 2 heterocycles. The molecule has 2 N–H and O–H groups in total. The average molecular weight is 479 g/mol. The van der Waals surface area contributed by atoms with Crippen LogP contribution in [0.3, 0.4) is 0 Å². The average Bonchev–Trinajstić information content (AvgIpc) is 3.37. The highest BCUT2D eigenvalue weighted by atomic mass is 16.5. The Balaban J connectivity index is 1.48. The predicted molar refractivity (Wildman–Crippen MR) is 132 cm³/mol. The van der Waals surface area contributed by atoms with E-state index in [4.69, 9.17) is 4.74 Å². The molecule has 0 amide bonds. The van der Waals surface area contributed by atoms with E-state index in [0.29, 0.717) is 18.7 Å². The topological polar surface area (TPSA) is 105 Å². The van der Waals surface area contributed by atoms with Crippen LogP contribution < -0.4 is 10.1 Å². The Morgan fingerprint density at radius 1 is 1.14 bits per heavy atom. The van der Waals surface area contributed by atoms with Gasteiger partial charge in [0.15, 0.2) is 5.82 Å². The molecular weight excluding hydrogens is 444 g/mol. The number of benzene rings is 2. The number of rotatable bonds is 11. The molecule has 1 unspecified atom stereocenters.